The van der Waals surface area contributed by atoms with Gasteiger partial charge in [-0.25, -0.2) is 0 Å². The van der Waals surface area contributed by atoms with Crippen molar-refractivity contribution in [2.24, 2.45) is 5.41 Å². The lowest BCUT2D eigenvalue weighted by Crippen LogP contribution is -2.56. The quantitative estimate of drug-likeness (QED) is 0.817. The first-order chi connectivity index (χ1) is 7.89. The van der Waals surface area contributed by atoms with Crippen LogP contribution in [0, 0.1) is 5.41 Å². The normalized spacial score (nSPS) is 28.4. The van der Waals surface area contributed by atoms with Crippen molar-refractivity contribution in [3.63, 3.8) is 0 Å². The molecule has 0 spiro atoms. The number of hydrogen-bond donors (Lipinski definition) is 1. The molecular weight excluding hydrogens is 212 g/mol. The third-order valence-electron chi connectivity index (χ3n) is 4.21. The van der Waals surface area contributed by atoms with Crippen molar-refractivity contribution < 1.29 is 4.79 Å². The molecule has 1 N–H and O–H groups in total. The predicted octanol–water partition coefficient (Wildman–Crippen LogP) is 2.16. The van der Waals surface area contributed by atoms with Crippen molar-refractivity contribution in [3.8, 4) is 0 Å². The molecule has 0 radical (unpaired) electrons. The molecule has 1 heterocycles. The van der Waals surface area contributed by atoms with Crippen LogP contribution in [-0.2, 0) is 4.79 Å². The number of nitrogens with one attached hydrogen (secondary N) is 1. The molecule has 2 fully saturated rings. The average molecular weight is 238 g/mol. The monoisotopic (exact) mass is 238 g/mol. The minimum absolute atomic E-state index is 0.0843. The molecule has 2 aliphatic rings. The Balaban J connectivity index is 1.99. The summed E-state index contributed by atoms with van der Waals surface area (Å²) in [6.45, 7) is 9.74. The van der Waals surface area contributed by atoms with Gasteiger partial charge in [-0.15, -0.1) is 0 Å². The Bertz CT molecular complexity index is 291. The van der Waals surface area contributed by atoms with E-state index in [1.165, 1.54) is 12.8 Å². The van der Waals surface area contributed by atoms with Gasteiger partial charge in [-0.2, -0.15) is 0 Å². The van der Waals surface area contributed by atoms with Gasteiger partial charge in [-0.05, 0) is 38.0 Å². The summed E-state index contributed by atoms with van der Waals surface area (Å²) in [4.78, 5) is 14.5. The fraction of sp³-hybridized carbons (Fsp3) is 0.929. The van der Waals surface area contributed by atoms with Gasteiger partial charge in [0.1, 0.15) is 0 Å². The lowest BCUT2D eigenvalue weighted by molar-refractivity contribution is -0.140. The minimum Gasteiger partial charge on any atom is -0.338 e. The summed E-state index contributed by atoms with van der Waals surface area (Å²) in [5, 5.41) is 3.49. The van der Waals surface area contributed by atoms with Crippen LogP contribution in [0.25, 0.3) is 0 Å². The number of nitrogens with zero attached hydrogens (tertiary/aromatic N) is 1. The van der Waals surface area contributed by atoms with Gasteiger partial charge in [0.15, 0.2) is 0 Å². The van der Waals surface area contributed by atoms with Gasteiger partial charge in [0.05, 0.1) is 6.04 Å². The molecule has 0 bridgehead atoms. The molecule has 1 aliphatic heterocycles. The average Bonchev–Trinajstić information content (AvgIpc) is 3.03. The zero-order valence-corrected chi connectivity index (χ0v) is 11.6. The molecule has 1 saturated heterocycles. The molecule has 0 aromatic rings. The van der Waals surface area contributed by atoms with E-state index in [-0.39, 0.29) is 11.5 Å². The van der Waals surface area contributed by atoms with Crippen LogP contribution < -0.4 is 5.32 Å². The second-order valence-corrected chi connectivity index (χ2v) is 6.71. The maximum Gasteiger partial charge on any atom is 0.239 e. The van der Waals surface area contributed by atoms with Gasteiger partial charge in [0.25, 0.3) is 0 Å². The molecule has 0 aromatic carbocycles. The minimum atomic E-state index is 0.0843. The molecule has 98 valence electrons. The van der Waals surface area contributed by atoms with E-state index in [4.69, 9.17) is 0 Å². The Labute approximate surface area is 105 Å². The molecule has 3 nitrogen and oxygen atoms in total. The Morgan fingerprint density at radius 2 is 1.94 bits per heavy atom. The third-order valence-corrected chi connectivity index (χ3v) is 4.21. The summed E-state index contributed by atoms with van der Waals surface area (Å²) in [5.74, 6) is 0.325. The van der Waals surface area contributed by atoms with Crippen molar-refractivity contribution >= 4 is 5.91 Å². The van der Waals surface area contributed by atoms with Crippen LogP contribution in [0.2, 0.25) is 0 Å². The summed E-state index contributed by atoms with van der Waals surface area (Å²) in [7, 11) is 0. The van der Waals surface area contributed by atoms with Crippen LogP contribution in [0.1, 0.15) is 53.4 Å². The molecule has 0 aromatic heterocycles. The van der Waals surface area contributed by atoms with Crippen LogP contribution >= 0.6 is 0 Å². The zero-order chi connectivity index (χ0) is 12.6. The number of rotatable bonds is 3. The third kappa shape index (κ3) is 3.01. The molecule has 2 unspecified atom stereocenters. The van der Waals surface area contributed by atoms with Crippen molar-refractivity contribution in [2.75, 3.05) is 6.54 Å². The van der Waals surface area contributed by atoms with Gasteiger partial charge < -0.3 is 10.2 Å². The van der Waals surface area contributed by atoms with Crippen molar-refractivity contribution in [1.29, 1.82) is 0 Å². The topological polar surface area (TPSA) is 32.3 Å². The Kier molecular flexibility index (Phi) is 3.48. The highest BCUT2D eigenvalue weighted by atomic mass is 16.2. The van der Waals surface area contributed by atoms with E-state index in [1.807, 2.05) is 0 Å². The molecule has 2 rings (SSSR count). The number of amides is 1. The number of piperidine rings is 1. The number of carbonyl (C=O) groups excluding carboxylic acids is 1. The summed E-state index contributed by atoms with van der Waals surface area (Å²) in [6.07, 6.45) is 4.65. The second-order valence-electron chi connectivity index (χ2n) is 6.71. The zero-order valence-electron chi connectivity index (χ0n) is 11.6. The Morgan fingerprint density at radius 3 is 2.47 bits per heavy atom. The smallest absolute Gasteiger partial charge is 0.239 e. The SMILES string of the molecule is CC(N1CCCC(NC2CC2)C1=O)C(C)(C)C. The maximum atomic E-state index is 12.4. The summed E-state index contributed by atoms with van der Waals surface area (Å²) in [5.41, 5.74) is 0.164. The van der Waals surface area contributed by atoms with E-state index >= 15 is 0 Å². The number of likely N-dealkylation sites (tertiary alicyclic amines) is 1. The Morgan fingerprint density at radius 1 is 1.29 bits per heavy atom. The van der Waals surface area contributed by atoms with Crippen LogP contribution in [0.4, 0.5) is 0 Å². The summed E-state index contributed by atoms with van der Waals surface area (Å²) < 4.78 is 0. The predicted molar refractivity (Wildman–Crippen MR) is 69.8 cm³/mol. The number of carbonyl (C=O) groups is 1. The van der Waals surface area contributed by atoms with E-state index in [0.29, 0.717) is 18.0 Å². The molecule has 17 heavy (non-hydrogen) atoms. The van der Waals surface area contributed by atoms with E-state index in [1.54, 1.807) is 0 Å². The van der Waals surface area contributed by atoms with Crippen LogP contribution in [0.15, 0.2) is 0 Å². The number of hydrogen-bond acceptors (Lipinski definition) is 2. The first kappa shape index (κ1) is 12.9. The largest absolute Gasteiger partial charge is 0.338 e. The van der Waals surface area contributed by atoms with E-state index < -0.39 is 0 Å². The molecule has 2 atom stereocenters. The van der Waals surface area contributed by atoms with Crippen LogP contribution in [0.3, 0.4) is 0 Å². The van der Waals surface area contributed by atoms with Crippen molar-refractivity contribution in [3.05, 3.63) is 0 Å². The highest BCUT2D eigenvalue weighted by Gasteiger charge is 2.37. The highest BCUT2D eigenvalue weighted by Crippen LogP contribution is 2.28. The first-order valence-corrected chi connectivity index (χ1v) is 6.96. The summed E-state index contributed by atoms with van der Waals surface area (Å²) in [6, 6.07) is 1.02. The van der Waals surface area contributed by atoms with Gasteiger partial charge in [-0.1, -0.05) is 20.8 Å². The molecule has 1 amide bonds. The molecular formula is C14H26N2O. The van der Waals surface area contributed by atoms with Gasteiger partial charge in [0.2, 0.25) is 5.91 Å². The maximum absolute atomic E-state index is 12.4. The van der Waals surface area contributed by atoms with Gasteiger partial charge in [-0.3, -0.25) is 4.79 Å². The van der Waals surface area contributed by atoms with E-state index in [0.717, 1.165) is 19.4 Å². The van der Waals surface area contributed by atoms with Crippen LogP contribution in [-0.4, -0.2) is 35.5 Å². The summed E-state index contributed by atoms with van der Waals surface area (Å²) >= 11 is 0. The standard InChI is InChI=1S/C14H26N2O/c1-10(14(2,3)4)16-9-5-6-12(13(16)17)15-11-7-8-11/h10-12,15H,5-9H2,1-4H3. The highest BCUT2D eigenvalue weighted by molar-refractivity contribution is 5.83. The van der Waals surface area contributed by atoms with Crippen molar-refractivity contribution in [2.45, 2.75) is 71.5 Å². The van der Waals surface area contributed by atoms with Gasteiger partial charge >= 0.3 is 0 Å². The van der Waals surface area contributed by atoms with E-state index in [2.05, 4.69) is 37.9 Å². The fourth-order valence-corrected chi connectivity index (χ4v) is 2.44. The molecule has 1 saturated carbocycles. The van der Waals surface area contributed by atoms with Gasteiger partial charge in [0, 0.05) is 18.6 Å². The first-order valence-electron chi connectivity index (χ1n) is 6.96. The molecule has 1 aliphatic carbocycles. The second kappa shape index (κ2) is 4.60. The molecule has 3 heteroatoms. The lowest BCUT2D eigenvalue weighted by atomic mass is 9.85. The van der Waals surface area contributed by atoms with Crippen molar-refractivity contribution in [1.82, 2.24) is 10.2 Å². The van der Waals surface area contributed by atoms with Crippen LogP contribution in [0.5, 0.6) is 0 Å². The fourth-order valence-electron chi connectivity index (χ4n) is 2.44. The van der Waals surface area contributed by atoms with E-state index in [9.17, 15) is 4.79 Å². The Hall–Kier alpha value is -0.570. The lowest BCUT2D eigenvalue weighted by Gasteiger charge is -2.42.